The molecule has 1 unspecified atom stereocenters. The van der Waals surface area contributed by atoms with Gasteiger partial charge in [-0.2, -0.15) is 5.10 Å². The van der Waals surface area contributed by atoms with Gasteiger partial charge in [-0.15, -0.1) is 0 Å². The van der Waals surface area contributed by atoms with Gasteiger partial charge in [0, 0.05) is 23.8 Å². The Hall–Kier alpha value is -0.830. The number of nitrogens with one attached hydrogen (secondary N) is 1. The Kier molecular flexibility index (Phi) is 5.69. The van der Waals surface area contributed by atoms with Gasteiger partial charge in [0.15, 0.2) is 0 Å². The second-order valence-corrected chi connectivity index (χ2v) is 4.52. The predicted octanol–water partition coefficient (Wildman–Crippen LogP) is 3.09. The normalized spacial score (nSPS) is 13.0. The van der Waals surface area contributed by atoms with E-state index in [0.29, 0.717) is 6.04 Å². The average Bonchev–Trinajstić information content (AvgIpc) is 2.67. The molecule has 0 spiro atoms. The van der Waals surface area contributed by atoms with Crippen LogP contribution in [0.15, 0.2) is 0 Å². The van der Waals surface area contributed by atoms with Crippen molar-refractivity contribution in [2.75, 3.05) is 6.54 Å². The van der Waals surface area contributed by atoms with Crippen LogP contribution in [0, 0.1) is 0 Å². The van der Waals surface area contributed by atoms with Crippen molar-refractivity contribution in [1.29, 1.82) is 0 Å². The minimum atomic E-state index is 0.413. The standard InChI is InChI=1S/C14H27N3/c1-6-10-17-13(8-3)14(11(5)15-9-4)12(7-2)16-17/h11,15H,6-10H2,1-5H3. The monoisotopic (exact) mass is 237 g/mol. The molecule has 0 saturated carbocycles. The van der Waals surface area contributed by atoms with Crippen LogP contribution >= 0.6 is 0 Å². The quantitative estimate of drug-likeness (QED) is 0.790. The van der Waals surface area contributed by atoms with Crippen LogP contribution < -0.4 is 5.32 Å². The largest absolute Gasteiger partial charge is 0.310 e. The van der Waals surface area contributed by atoms with Gasteiger partial charge in [-0.05, 0) is 32.7 Å². The molecule has 0 aliphatic carbocycles. The van der Waals surface area contributed by atoms with Crippen molar-refractivity contribution in [2.45, 2.75) is 66.5 Å². The molecule has 0 amide bonds. The van der Waals surface area contributed by atoms with Gasteiger partial charge in [-0.3, -0.25) is 4.68 Å². The summed E-state index contributed by atoms with van der Waals surface area (Å²) in [5.41, 5.74) is 4.12. The maximum atomic E-state index is 4.77. The smallest absolute Gasteiger partial charge is 0.0672 e. The van der Waals surface area contributed by atoms with E-state index in [9.17, 15) is 0 Å². The first-order valence-corrected chi connectivity index (χ1v) is 7.01. The van der Waals surface area contributed by atoms with Crippen molar-refractivity contribution < 1.29 is 0 Å². The van der Waals surface area contributed by atoms with Gasteiger partial charge in [0.2, 0.25) is 0 Å². The Morgan fingerprint density at radius 3 is 2.35 bits per heavy atom. The molecular weight excluding hydrogens is 210 g/mol. The Morgan fingerprint density at radius 2 is 1.88 bits per heavy atom. The molecule has 3 heteroatoms. The molecule has 0 aromatic carbocycles. The maximum absolute atomic E-state index is 4.77. The molecule has 1 aromatic rings. The zero-order valence-corrected chi connectivity index (χ0v) is 12.0. The third kappa shape index (κ3) is 3.09. The van der Waals surface area contributed by atoms with Crippen LogP contribution in [0.1, 0.15) is 64.0 Å². The van der Waals surface area contributed by atoms with Crippen molar-refractivity contribution in [2.24, 2.45) is 0 Å². The Balaban J connectivity index is 3.14. The van der Waals surface area contributed by atoms with Gasteiger partial charge in [0.25, 0.3) is 0 Å². The number of hydrogen-bond donors (Lipinski definition) is 1. The summed E-state index contributed by atoms with van der Waals surface area (Å²) < 4.78 is 2.21. The number of nitrogens with zero attached hydrogens (tertiary/aromatic N) is 2. The third-order valence-corrected chi connectivity index (χ3v) is 3.22. The highest BCUT2D eigenvalue weighted by atomic mass is 15.3. The van der Waals surface area contributed by atoms with Crippen LogP contribution in [0.5, 0.6) is 0 Å². The summed E-state index contributed by atoms with van der Waals surface area (Å²) >= 11 is 0. The van der Waals surface area contributed by atoms with Gasteiger partial charge in [0.1, 0.15) is 0 Å². The summed E-state index contributed by atoms with van der Waals surface area (Å²) in [5, 5.41) is 8.28. The fourth-order valence-corrected chi connectivity index (χ4v) is 2.50. The number of rotatable bonds is 7. The van der Waals surface area contributed by atoms with Gasteiger partial charge < -0.3 is 5.32 Å². The summed E-state index contributed by atoms with van der Waals surface area (Å²) in [5.74, 6) is 0. The lowest BCUT2D eigenvalue weighted by Crippen LogP contribution is -2.20. The molecule has 0 aliphatic heterocycles. The van der Waals surface area contributed by atoms with E-state index in [1.165, 1.54) is 17.0 Å². The van der Waals surface area contributed by atoms with E-state index in [0.717, 1.165) is 32.4 Å². The van der Waals surface area contributed by atoms with E-state index in [4.69, 9.17) is 5.10 Å². The Bertz CT molecular complexity index is 341. The average molecular weight is 237 g/mol. The molecule has 0 bridgehead atoms. The molecule has 1 N–H and O–H groups in total. The Labute approximate surface area is 106 Å². The second kappa shape index (κ2) is 6.80. The maximum Gasteiger partial charge on any atom is 0.0672 e. The van der Waals surface area contributed by atoms with Crippen molar-refractivity contribution in [3.05, 3.63) is 17.0 Å². The SMILES string of the molecule is CCCn1nc(CC)c(C(C)NCC)c1CC. The van der Waals surface area contributed by atoms with E-state index < -0.39 is 0 Å². The molecule has 1 heterocycles. The third-order valence-electron chi connectivity index (χ3n) is 3.22. The van der Waals surface area contributed by atoms with Gasteiger partial charge in [-0.25, -0.2) is 0 Å². The van der Waals surface area contributed by atoms with Crippen LogP contribution in [0.25, 0.3) is 0 Å². The van der Waals surface area contributed by atoms with Gasteiger partial charge in [0.05, 0.1) is 5.69 Å². The number of hydrogen-bond acceptors (Lipinski definition) is 2. The number of aryl methyl sites for hydroxylation is 2. The second-order valence-electron chi connectivity index (χ2n) is 4.52. The van der Waals surface area contributed by atoms with Crippen LogP contribution in [0.4, 0.5) is 0 Å². The topological polar surface area (TPSA) is 29.9 Å². The fourth-order valence-electron chi connectivity index (χ4n) is 2.50. The molecule has 0 saturated heterocycles. The van der Waals surface area contributed by atoms with Gasteiger partial charge >= 0.3 is 0 Å². The van der Waals surface area contributed by atoms with Crippen LogP contribution in [-0.4, -0.2) is 16.3 Å². The summed E-state index contributed by atoms with van der Waals surface area (Å²) in [4.78, 5) is 0. The zero-order chi connectivity index (χ0) is 12.8. The molecule has 1 atom stereocenters. The lowest BCUT2D eigenvalue weighted by atomic mass is 10.0. The van der Waals surface area contributed by atoms with Crippen LogP contribution in [0.3, 0.4) is 0 Å². The highest BCUT2D eigenvalue weighted by Crippen LogP contribution is 2.23. The van der Waals surface area contributed by atoms with E-state index in [-0.39, 0.29) is 0 Å². The fraction of sp³-hybridized carbons (Fsp3) is 0.786. The van der Waals surface area contributed by atoms with E-state index in [1.807, 2.05) is 0 Å². The van der Waals surface area contributed by atoms with Gasteiger partial charge in [-0.1, -0.05) is 27.7 Å². The van der Waals surface area contributed by atoms with Crippen molar-refractivity contribution in [3.8, 4) is 0 Å². The minimum Gasteiger partial charge on any atom is -0.310 e. The molecule has 0 radical (unpaired) electrons. The van der Waals surface area contributed by atoms with Crippen molar-refractivity contribution >= 4 is 0 Å². The molecule has 3 nitrogen and oxygen atoms in total. The summed E-state index contributed by atoms with van der Waals surface area (Å²) in [6.45, 7) is 13.1. The van der Waals surface area contributed by atoms with E-state index in [2.05, 4.69) is 44.6 Å². The summed E-state index contributed by atoms with van der Waals surface area (Å²) in [6, 6.07) is 0.413. The molecule has 0 fully saturated rings. The highest BCUT2D eigenvalue weighted by Gasteiger charge is 2.19. The summed E-state index contributed by atoms with van der Waals surface area (Å²) in [7, 11) is 0. The first-order valence-electron chi connectivity index (χ1n) is 7.01. The minimum absolute atomic E-state index is 0.413. The molecule has 1 rings (SSSR count). The lowest BCUT2D eigenvalue weighted by Gasteiger charge is -2.15. The zero-order valence-electron chi connectivity index (χ0n) is 12.0. The van der Waals surface area contributed by atoms with E-state index >= 15 is 0 Å². The Morgan fingerprint density at radius 1 is 1.18 bits per heavy atom. The van der Waals surface area contributed by atoms with Crippen LogP contribution in [0.2, 0.25) is 0 Å². The van der Waals surface area contributed by atoms with Crippen molar-refractivity contribution in [1.82, 2.24) is 15.1 Å². The van der Waals surface area contributed by atoms with Crippen LogP contribution in [-0.2, 0) is 19.4 Å². The number of aromatic nitrogens is 2. The van der Waals surface area contributed by atoms with Crippen molar-refractivity contribution in [3.63, 3.8) is 0 Å². The lowest BCUT2D eigenvalue weighted by molar-refractivity contribution is 0.561. The molecule has 0 aliphatic rings. The first-order chi connectivity index (χ1) is 8.19. The first kappa shape index (κ1) is 14.2. The summed E-state index contributed by atoms with van der Waals surface area (Å²) in [6.07, 6.45) is 3.24. The molecular formula is C14H27N3. The molecule has 17 heavy (non-hydrogen) atoms. The molecule has 98 valence electrons. The highest BCUT2D eigenvalue weighted by molar-refractivity contribution is 5.30. The predicted molar refractivity (Wildman–Crippen MR) is 73.4 cm³/mol. The van der Waals surface area contributed by atoms with E-state index in [1.54, 1.807) is 0 Å². The molecule has 1 aromatic heterocycles.